The molecular weight excluding hydrogens is 535 g/mol. The second-order valence-corrected chi connectivity index (χ2v) is 10.1. The van der Waals surface area contributed by atoms with Gasteiger partial charge in [0.1, 0.15) is 9.30 Å². The van der Waals surface area contributed by atoms with Gasteiger partial charge in [0, 0.05) is 49.8 Å². The highest BCUT2D eigenvalue weighted by atomic mass is 127. The van der Waals surface area contributed by atoms with Crippen molar-refractivity contribution in [1.82, 2.24) is 24.2 Å². The molecule has 3 aromatic rings. The third-order valence-corrected chi connectivity index (χ3v) is 6.12. The van der Waals surface area contributed by atoms with Gasteiger partial charge in [-0.05, 0) is 74.0 Å². The molecule has 1 aliphatic heterocycles. The van der Waals surface area contributed by atoms with Crippen molar-refractivity contribution in [2.24, 2.45) is 0 Å². The van der Waals surface area contributed by atoms with Crippen molar-refractivity contribution in [3.8, 4) is 0 Å². The summed E-state index contributed by atoms with van der Waals surface area (Å²) in [4.78, 5) is 37.6. The van der Waals surface area contributed by atoms with Crippen molar-refractivity contribution >= 4 is 51.7 Å². The van der Waals surface area contributed by atoms with Gasteiger partial charge in [-0.25, -0.2) is 14.8 Å². The molecule has 1 saturated heterocycles. The Balaban J connectivity index is 1.42. The first-order valence-electron chi connectivity index (χ1n) is 10.7. The first kappa shape index (κ1) is 23.3. The van der Waals surface area contributed by atoms with Gasteiger partial charge in [0.05, 0.1) is 6.20 Å². The lowest BCUT2D eigenvalue weighted by atomic mass is 10.1. The second-order valence-electron chi connectivity index (χ2n) is 8.96. The van der Waals surface area contributed by atoms with Crippen LogP contribution in [0.15, 0.2) is 36.8 Å². The molecule has 1 N–H and O–H groups in total. The lowest BCUT2D eigenvalue weighted by molar-refractivity contribution is 0.0140. The molecule has 33 heavy (non-hydrogen) atoms. The minimum atomic E-state index is -0.534. The van der Waals surface area contributed by atoms with Crippen molar-refractivity contribution in [1.29, 1.82) is 0 Å². The molecule has 0 radical (unpaired) electrons. The van der Waals surface area contributed by atoms with Crippen molar-refractivity contribution in [2.45, 2.75) is 33.3 Å². The summed E-state index contributed by atoms with van der Waals surface area (Å²) >= 11 is 2.22. The smallest absolute Gasteiger partial charge is 0.410 e. The van der Waals surface area contributed by atoms with Crippen LogP contribution in [0.4, 0.5) is 16.3 Å². The van der Waals surface area contributed by atoms with Gasteiger partial charge in [-0.3, -0.25) is 9.20 Å². The number of nitrogens with one attached hydrogen (secondary N) is 1. The molecule has 0 saturated carbocycles. The van der Waals surface area contributed by atoms with Crippen molar-refractivity contribution in [3.63, 3.8) is 0 Å². The third-order valence-electron chi connectivity index (χ3n) is 5.32. The predicted octanol–water partition coefficient (Wildman–Crippen LogP) is 4.08. The normalized spacial score (nSPS) is 14.5. The number of imidazole rings is 1. The lowest BCUT2D eigenvalue weighted by Gasteiger charge is -2.35. The molecule has 2 aromatic heterocycles. The molecule has 0 atom stereocenters. The molecular formula is C23H27IN6O3. The number of hydrogen-bond donors (Lipinski definition) is 1. The Morgan fingerprint density at radius 2 is 1.79 bits per heavy atom. The highest BCUT2D eigenvalue weighted by molar-refractivity contribution is 14.1. The van der Waals surface area contributed by atoms with E-state index in [-0.39, 0.29) is 12.0 Å². The van der Waals surface area contributed by atoms with Gasteiger partial charge < -0.3 is 19.9 Å². The summed E-state index contributed by atoms with van der Waals surface area (Å²) in [6.07, 6.45) is 5.04. The lowest BCUT2D eigenvalue weighted by Crippen LogP contribution is -2.51. The van der Waals surface area contributed by atoms with Gasteiger partial charge in [-0.15, -0.1) is 0 Å². The molecule has 1 aliphatic rings. The Morgan fingerprint density at radius 1 is 1.09 bits per heavy atom. The Morgan fingerprint density at radius 3 is 2.45 bits per heavy atom. The first-order chi connectivity index (χ1) is 15.6. The number of carbonyl (C=O) groups excluding carboxylic acids is 2. The number of aromatic nitrogens is 3. The highest BCUT2D eigenvalue weighted by Crippen LogP contribution is 2.23. The van der Waals surface area contributed by atoms with Crippen LogP contribution in [0, 0.1) is 10.6 Å². The number of hydrogen-bond acceptors (Lipinski definition) is 6. The molecule has 2 amide bonds. The van der Waals surface area contributed by atoms with Crippen LogP contribution in [-0.4, -0.2) is 67.9 Å². The largest absolute Gasteiger partial charge is 0.444 e. The van der Waals surface area contributed by atoms with Crippen LogP contribution in [0.25, 0.3) is 5.65 Å². The van der Waals surface area contributed by atoms with E-state index >= 15 is 0 Å². The number of rotatable bonds is 3. The van der Waals surface area contributed by atoms with E-state index in [1.165, 1.54) is 0 Å². The molecule has 10 heteroatoms. The maximum absolute atomic E-state index is 13.1. The van der Waals surface area contributed by atoms with Crippen molar-refractivity contribution in [2.75, 3.05) is 31.5 Å². The molecule has 0 aliphatic carbocycles. The zero-order valence-corrected chi connectivity index (χ0v) is 21.3. The first-order valence-corrected chi connectivity index (χ1v) is 11.8. The summed E-state index contributed by atoms with van der Waals surface area (Å²) in [6.45, 7) is 9.32. The van der Waals surface area contributed by atoms with Crippen LogP contribution < -0.4 is 5.32 Å². The number of benzene rings is 1. The number of anilines is 2. The number of amides is 2. The summed E-state index contributed by atoms with van der Waals surface area (Å²) in [5.41, 5.74) is 2.55. The van der Waals surface area contributed by atoms with E-state index in [0.29, 0.717) is 37.6 Å². The molecule has 3 heterocycles. The summed E-state index contributed by atoms with van der Waals surface area (Å²) in [5.74, 6) is 0.614. The van der Waals surface area contributed by atoms with Gasteiger partial charge >= 0.3 is 6.09 Å². The highest BCUT2D eigenvalue weighted by Gasteiger charge is 2.28. The maximum Gasteiger partial charge on any atom is 0.410 e. The summed E-state index contributed by atoms with van der Waals surface area (Å²) < 4.78 is 8.38. The zero-order valence-electron chi connectivity index (χ0n) is 19.1. The summed E-state index contributed by atoms with van der Waals surface area (Å²) in [5, 5.41) is 3.30. The molecule has 1 fully saturated rings. The predicted molar refractivity (Wildman–Crippen MR) is 134 cm³/mol. The number of nitrogens with zero attached hydrogens (tertiary/aromatic N) is 5. The van der Waals surface area contributed by atoms with E-state index in [2.05, 4.69) is 37.9 Å². The zero-order chi connectivity index (χ0) is 23.8. The topological polar surface area (TPSA) is 92.1 Å². The number of fused-ring (bicyclic) bond motifs is 1. The van der Waals surface area contributed by atoms with E-state index < -0.39 is 5.60 Å². The molecule has 0 spiro atoms. The molecule has 9 nitrogen and oxygen atoms in total. The second kappa shape index (κ2) is 9.16. The van der Waals surface area contributed by atoms with Gasteiger partial charge in [0.2, 0.25) is 0 Å². The Kier molecular flexibility index (Phi) is 6.46. The number of halogens is 1. The Hall–Kier alpha value is -2.89. The average Bonchev–Trinajstić information content (AvgIpc) is 3.14. The van der Waals surface area contributed by atoms with Gasteiger partial charge in [-0.1, -0.05) is 0 Å². The maximum atomic E-state index is 13.1. The van der Waals surface area contributed by atoms with Crippen LogP contribution >= 0.6 is 22.6 Å². The van der Waals surface area contributed by atoms with Crippen LogP contribution in [0.3, 0.4) is 0 Å². The molecule has 4 rings (SSSR count). The average molecular weight is 562 g/mol. The van der Waals surface area contributed by atoms with Crippen LogP contribution in [0.1, 0.15) is 36.7 Å². The number of carbonyl (C=O) groups is 2. The summed E-state index contributed by atoms with van der Waals surface area (Å²) in [7, 11) is 0. The fraction of sp³-hybridized carbons (Fsp3) is 0.391. The number of aryl methyl sites for hydroxylation is 1. The number of piperazine rings is 1. The Bertz CT molecular complexity index is 1190. The van der Waals surface area contributed by atoms with Crippen molar-refractivity contribution < 1.29 is 14.3 Å². The fourth-order valence-corrected chi connectivity index (χ4v) is 4.21. The van der Waals surface area contributed by atoms with Gasteiger partial charge in [0.15, 0.2) is 11.5 Å². The monoisotopic (exact) mass is 562 g/mol. The molecule has 1 aromatic carbocycles. The number of ether oxygens (including phenoxy) is 1. The summed E-state index contributed by atoms with van der Waals surface area (Å²) in [6, 6.07) is 5.63. The molecule has 0 unspecified atom stereocenters. The SMILES string of the molecule is Cc1cc(Nc2nccn3c(I)cnc23)ccc1C(=O)N1CCN(C(=O)OC(C)(C)C)CC1. The van der Waals surface area contributed by atoms with E-state index in [1.807, 2.05) is 56.5 Å². The minimum absolute atomic E-state index is 0.0362. The van der Waals surface area contributed by atoms with E-state index in [0.717, 1.165) is 20.6 Å². The standard InChI is InChI=1S/C23H27IN6O3/c1-15-13-16(27-19-20-26-14-18(24)30(20)8-7-25-19)5-6-17(15)21(31)28-9-11-29(12-10-28)22(32)33-23(2,3)4/h5-8,13-14H,9-12H2,1-4H3,(H,25,27). The van der Waals surface area contributed by atoms with E-state index in [1.54, 1.807) is 22.2 Å². The van der Waals surface area contributed by atoms with Crippen LogP contribution in [-0.2, 0) is 4.74 Å². The quantitative estimate of drug-likeness (QED) is 0.484. The van der Waals surface area contributed by atoms with Crippen molar-refractivity contribution in [3.05, 3.63) is 51.6 Å². The molecule has 174 valence electrons. The van der Waals surface area contributed by atoms with Gasteiger partial charge in [-0.2, -0.15) is 0 Å². The molecule has 0 bridgehead atoms. The van der Waals surface area contributed by atoms with Crippen LogP contribution in [0.5, 0.6) is 0 Å². The van der Waals surface area contributed by atoms with E-state index in [9.17, 15) is 9.59 Å². The minimum Gasteiger partial charge on any atom is -0.444 e. The van der Waals surface area contributed by atoms with Gasteiger partial charge in [0.25, 0.3) is 5.91 Å². The fourth-order valence-electron chi connectivity index (χ4n) is 3.68. The van der Waals surface area contributed by atoms with E-state index in [4.69, 9.17) is 4.74 Å². The third kappa shape index (κ3) is 5.21. The van der Waals surface area contributed by atoms with Crippen LogP contribution in [0.2, 0.25) is 0 Å². The Labute approximate surface area is 206 Å².